The van der Waals surface area contributed by atoms with Crippen LogP contribution in [0.2, 0.25) is 0 Å². The summed E-state index contributed by atoms with van der Waals surface area (Å²) in [7, 11) is 0. The molecular formula is C4F8NORf-. The first-order chi connectivity index (χ1) is 5.91. The van der Waals surface area contributed by atoms with Crippen molar-refractivity contribution in [2.45, 2.75) is 24.3 Å². The second-order valence-electron chi connectivity index (χ2n) is 2.33. The molecule has 0 aromatic rings. The molecule has 86 valence electrons. The Balaban J connectivity index is 0.00000196. The van der Waals surface area contributed by atoms with Gasteiger partial charge in [0.1, 0.15) is 0 Å². The maximum atomic E-state index is 12.0. The fourth-order valence-electron chi connectivity index (χ4n) is 0.590. The summed E-state index contributed by atoms with van der Waals surface area (Å²) in [4.78, 5) is 0. The average molecular weight is 497 g/mol. The Hall–Kier alpha value is -1.64. The minimum atomic E-state index is -5.77. The third kappa shape index (κ3) is 1.65. The average Bonchev–Trinajstić information content (AvgIpc) is 1.78. The number of rotatable bonds is 0. The Kier molecular flexibility index (Phi) is 2.39. The van der Waals surface area contributed by atoms with Gasteiger partial charge in [0.15, 0.2) is 0 Å². The van der Waals surface area contributed by atoms with Crippen molar-refractivity contribution < 1.29 is 39.9 Å². The molecule has 0 saturated carbocycles. The van der Waals surface area contributed by atoms with E-state index in [1.54, 1.807) is 0 Å². The Morgan fingerprint density at radius 1 is 0.667 bits per heavy atom. The van der Waals surface area contributed by atoms with E-state index in [1.807, 2.05) is 4.74 Å². The van der Waals surface area contributed by atoms with E-state index < -0.39 is 24.3 Å². The van der Waals surface area contributed by atoms with E-state index in [4.69, 9.17) is 0 Å². The summed E-state index contributed by atoms with van der Waals surface area (Å²) in [5, 5.41) is 0.760. The van der Waals surface area contributed by atoms with Crippen LogP contribution < -0.4 is 0 Å². The smallest absolute Gasteiger partial charge is 0.404 e. The molecular weight excluding hydrogens is 497 g/mol. The summed E-state index contributed by atoms with van der Waals surface area (Å²) in [6, 6.07) is -11.4. The normalized spacial score (nSPS) is 30.4. The number of hydrogen-bond donors (Lipinski definition) is 0. The molecule has 11 heteroatoms. The van der Waals surface area contributed by atoms with Gasteiger partial charge in [-0.05, 0) is 0 Å². The SMILES string of the molecule is FC1(F)[N-]C(F)(F)C(F)(F)OC1(F)F.[Rf]. The van der Waals surface area contributed by atoms with Crippen LogP contribution in [0.5, 0.6) is 0 Å². The fraction of sp³-hybridized carbons (Fsp3) is 1.00. The van der Waals surface area contributed by atoms with Gasteiger partial charge in [-0.1, -0.05) is 0 Å². The summed E-state index contributed by atoms with van der Waals surface area (Å²) in [5.74, 6) is 0. The fourth-order valence-corrected chi connectivity index (χ4v) is 0.590. The minimum Gasteiger partial charge on any atom is -0.523 e. The van der Waals surface area contributed by atoms with Crippen LogP contribution in [-0.2, 0) is 4.74 Å². The summed E-state index contributed by atoms with van der Waals surface area (Å²) in [6.07, 6.45) is -11.5. The molecule has 1 fully saturated rings. The molecule has 0 amide bonds. The maximum Gasteiger partial charge on any atom is 0.404 e. The molecule has 1 aliphatic heterocycles. The first-order valence-corrected chi connectivity index (χ1v) is 2.87. The van der Waals surface area contributed by atoms with Crippen molar-refractivity contribution in [1.82, 2.24) is 0 Å². The molecule has 0 radical (unpaired) electrons. The van der Waals surface area contributed by atoms with Gasteiger partial charge in [0, 0.05) is 0 Å². The zero-order valence-electron chi connectivity index (χ0n) is 6.59. The van der Waals surface area contributed by atoms with Crippen molar-refractivity contribution in [3.63, 3.8) is 0 Å². The molecule has 15 heavy (non-hydrogen) atoms. The molecule has 0 N–H and O–H groups in total. The van der Waals surface area contributed by atoms with Crippen LogP contribution in [0.15, 0.2) is 0 Å². The topological polar surface area (TPSA) is 23.3 Å². The number of hydrogen-bond acceptors (Lipinski definition) is 1. The molecule has 0 aliphatic carbocycles. The predicted octanol–water partition coefficient (Wildman–Crippen LogP) is 2.76. The zero-order valence-corrected chi connectivity index (χ0v) is 13.0. The van der Waals surface area contributed by atoms with E-state index in [1.165, 1.54) is 0 Å². The number of halogens is 8. The molecule has 0 atom stereocenters. The summed E-state index contributed by atoms with van der Waals surface area (Å²) in [5.41, 5.74) is 0. The Bertz CT molecular complexity index is 205. The van der Waals surface area contributed by atoms with Crippen molar-refractivity contribution >= 4 is 0 Å². The van der Waals surface area contributed by atoms with E-state index in [9.17, 15) is 35.1 Å². The van der Waals surface area contributed by atoms with E-state index in [2.05, 4.69) is 0 Å². The third-order valence-corrected chi connectivity index (χ3v) is 1.24. The number of ether oxygens (including phenoxy) is 1. The van der Waals surface area contributed by atoms with Crippen LogP contribution >= 0.6 is 0 Å². The monoisotopic (exact) mass is 497 g/mol. The van der Waals surface area contributed by atoms with Crippen molar-refractivity contribution in [3.05, 3.63) is 5.32 Å². The van der Waals surface area contributed by atoms with Crippen molar-refractivity contribution in [1.29, 1.82) is 0 Å². The molecule has 0 spiro atoms. The zero-order chi connectivity index (χ0) is 11.4. The first kappa shape index (κ1) is 13.4. The molecule has 0 unspecified atom stereocenters. The predicted molar refractivity (Wildman–Crippen MR) is 24.2 cm³/mol. The van der Waals surface area contributed by atoms with Crippen LogP contribution in [0.1, 0.15) is 0 Å². The molecule has 1 aliphatic rings. The van der Waals surface area contributed by atoms with E-state index in [-0.39, 0.29) is 0 Å². The van der Waals surface area contributed by atoms with Crippen LogP contribution in [-0.4, -0.2) is 24.3 Å². The van der Waals surface area contributed by atoms with Crippen molar-refractivity contribution in [3.8, 4) is 0 Å². The summed E-state index contributed by atoms with van der Waals surface area (Å²) in [6.45, 7) is 0. The van der Waals surface area contributed by atoms with Crippen molar-refractivity contribution in [2.75, 3.05) is 0 Å². The van der Waals surface area contributed by atoms with Crippen LogP contribution in [0.3, 0.4) is 0 Å². The number of alkyl halides is 8. The number of nitrogens with zero attached hydrogens (tertiary/aromatic N) is 1. The van der Waals surface area contributed by atoms with E-state index in [0.717, 1.165) is 5.32 Å². The van der Waals surface area contributed by atoms with Crippen LogP contribution in [0.4, 0.5) is 35.1 Å². The van der Waals surface area contributed by atoms with Gasteiger partial charge in [0.2, 0.25) is 0 Å². The minimum absolute atomic E-state index is 0. The molecule has 1 saturated heterocycles. The van der Waals surface area contributed by atoms with Gasteiger partial charge in [-0.2, -0.15) is 17.6 Å². The summed E-state index contributed by atoms with van der Waals surface area (Å²) >= 11 is 0. The first-order valence-electron chi connectivity index (χ1n) is 2.87. The van der Waals surface area contributed by atoms with Gasteiger partial charge in [0.05, 0.1) is 0 Å². The molecule has 0 aromatic heterocycles. The van der Waals surface area contributed by atoms with Crippen LogP contribution in [0, 0.1) is 0 Å². The molecule has 1 rings (SSSR count). The van der Waals surface area contributed by atoms with Crippen LogP contribution in [0.25, 0.3) is 5.32 Å². The Labute approximate surface area is 70.8 Å². The van der Waals surface area contributed by atoms with Gasteiger partial charge < -0.3 is 5.32 Å². The standard InChI is InChI=1S/C4F8NO.Rf/c5-1(6)3(9,10)14-4(11,12)2(7,8)13-1;/q-1;. The molecule has 0 bridgehead atoms. The number of morpholine rings is 1. The molecule has 2 nitrogen and oxygen atoms in total. The van der Waals surface area contributed by atoms with E-state index >= 15 is 0 Å². The van der Waals surface area contributed by atoms with Gasteiger partial charge in [-0.25, -0.2) is 22.3 Å². The van der Waals surface area contributed by atoms with Gasteiger partial charge >= 0.3 is 12.2 Å². The third-order valence-electron chi connectivity index (χ3n) is 1.24. The quantitative estimate of drug-likeness (QED) is 0.374. The molecule has 1 heterocycles. The van der Waals surface area contributed by atoms with E-state index in [0.29, 0.717) is 0 Å². The summed E-state index contributed by atoms with van der Waals surface area (Å²) < 4.78 is 97.7. The van der Waals surface area contributed by atoms with Gasteiger partial charge in [0.25, 0.3) is 12.1 Å². The Morgan fingerprint density at radius 3 is 1.13 bits per heavy atom. The maximum absolute atomic E-state index is 12.0. The second kappa shape index (κ2) is 2.69. The molecule has 0 aromatic carbocycles. The largest absolute Gasteiger partial charge is 0.523 e. The van der Waals surface area contributed by atoms with Gasteiger partial charge in [-0.3, -0.25) is 0 Å². The van der Waals surface area contributed by atoms with Crippen molar-refractivity contribution in [2.24, 2.45) is 0 Å². The van der Waals surface area contributed by atoms with Gasteiger partial charge in [-0.15, -0.1) is 0 Å². The Morgan fingerprint density at radius 2 is 0.933 bits per heavy atom. The second-order valence-corrected chi connectivity index (χ2v) is 2.33.